The molecule has 0 aromatic heterocycles. The Hall–Kier alpha value is -2.30. The molecule has 1 atom stereocenters. The van der Waals surface area contributed by atoms with Gasteiger partial charge in [-0.2, -0.15) is 13.2 Å². The second-order valence-corrected chi connectivity index (χ2v) is 5.77. The fraction of sp³-hybridized carbons (Fsp3) is 0.278. The Morgan fingerprint density at radius 1 is 1.13 bits per heavy atom. The van der Waals surface area contributed by atoms with Crippen molar-refractivity contribution in [2.75, 3.05) is 5.32 Å². The lowest BCUT2D eigenvalue weighted by Crippen LogP contribution is -2.15. The molecule has 1 aliphatic rings. The summed E-state index contributed by atoms with van der Waals surface area (Å²) in [6.45, 7) is 0. The second kappa shape index (κ2) is 6.07. The summed E-state index contributed by atoms with van der Waals surface area (Å²) in [5.41, 5.74) is 1.84. The number of carbonyl (C=O) groups excluding carboxylic acids is 1. The molecule has 120 valence electrons. The molecule has 5 heteroatoms. The van der Waals surface area contributed by atoms with Gasteiger partial charge in [-0.25, -0.2) is 0 Å². The molecule has 1 aliphatic carbocycles. The van der Waals surface area contributed by atoms with E-state index in [-0.39, 0.29) is 23.9 Å². The molecule has 0 unspecified atom stereocenters. The van der Waals surface area contributed by atoms with Crippen molar-refractivity contribution >= 4 is 11.6 Å². The number of fused-ring (bicyclic) bond motifs is 1. The van der Waals surface area contributed by atoms with Gasteiger partial charge < -0.3 is 5.32 Å². The van der Waals surface area contributed by atoms with Gasteiger partial charge in [-0.3, -0.25) is 4.79 Å². The van der Waals surface area contributed by atoms with Gasteiger partial charge in [0.2, 0.25) is 5.91 Å². The van der Waals surface area contributed by atoms with E-state index in [1.54, 1.807) is 0 Å². The van der Waals surface area contributed by atoms with Crippen molar-refractivity contribution in [3.63, 3.8) is 0 Å². The Bertz CT molecular complexity index is 724. The predicted octanol–water partition coefficient (Wildman–Crippen LogP) is 4.76. The number of nitrogens with one attached hydrogen (secondary N) is 1. The van der Waals surface area contributed by atoms with Crippen molar-refractivity contribution in [3.05, 3.63) is 65.2 Å². The summed E-state index contributed by atoms with van der Waals surface area (Å²) in [7, 11) is 0. The summed E-state index contributed by atoms with van der Waals surface area (Å²) < 4.78 is 38.1. The number of rotatable bonds is 3. The van der Waals surface area contributed by atoms with Gasteiger partial charge in [0.25, 0.3) is 0 Å². The number of benzene rings is 2. The average molecular weight is 319 g/mol. The van der Waals surface area contributed by atoms with E-state index in [1.165, 1.54) is 23.3 Å². The van der Waals surface area contributed by atoms with Crippen LogP contribution in [0.4, 0.5) is 18.9 Å². The smallest absolute Gasteiger partial charge is 0.326 e. The lowest BCUT2D eigenvalue weighted by atomic mass is 9.97. The number of anilines is 1. The maximum atomic E-state index is 12.7. The highest BCUT2D eigenvalue weighted by atomic mass is 19.4. The zero-order chi connectivity index (χ0) is 16.4. The Morgan fingerprint density at radius 2 is 1.91 bits per heavy atom. The van der Waals surface area contributed by atoms with Crippen molar-refractivity contribution < 1.29 is 18.0 Å². The molecular weight excluding hydrogens is 303 g/mol. The molecule has 0 bridgehead atoms. The summed E-state index contributed by atoms with van der Waals surface area (Å²) >= 11 is 0. The lowest BCUT2D eigenvalue weighted by Gasteiger charge is -2.13. The SMILES string of the molecule is O=C(C[C@H]1CCc2ccccc21)Nc1cccc(C(F)(F)F)c1. The maximum Gasteiger partial charge on any atom is 0.416 e. The van der Waals surface area contributed by atoms with E-state index in [9.17, 15) is 18.0 Å². The van der Waals surface area contributed by atoms with E-state index in [4.69, 9.17) is 0 Å². The van der Waals surface area contributed by atoms with E-state index in [0.29, 0.717) is 0 Å². The third-order valence-corrected chi connectivity index (χ3v) is 4.16. The van der Waals surface area contributed by atoms with Gasteiger partial charge in [-0.1, -0.05) is 30.3 Å². The zero-order valence-corrected chi connectivity index (χ0v) is 12.4. The Labute approximate surface area is 132 Å². The summed E-state index contributed by atoms with van der Waals surface area (Å²) in [5, 5.41) is 2.57. The highest BCUT2D eigenvalue weighted by molar-refractivity contribution is 5.91. The molecule has 3 rings (SSSR count). The summed E-state index contributed by atoms with van der Waals surface area (Å²) in [4.78, 5) is 12.1. The van der Waals surface area contributed by atoms with Crippen LogP contribution >= 0.6 is 0 Å². The van der Waals surface area contributed by atoms with Crippen LogP contribution in [-0.2, 0) is 17.4 Å². The van der Waals surface area contributed by atoms with Crippen LogP contribution in [0.3, 0.4) is 0 Å². The van der Waals surface area contributed by atoms with Gasteiger partial charge in [0, 0.05) is 12.1 Å². The van der Waals surface area contributed by atoms with Crippen LogP contribution in [0.25, 0.3) is 0 Å². The van der Waals surface area contributed by atoms with E-state index >= 15 is 0 Å². The molecule has 1 amide bonds. The maximum absolute atomic E-state index is 12.7. The molecule has 23 heavy (non-hydrogen) atoms. The van der Waals surface area contributed by atoms with Crippen LogP contribution < -0.4 is 5.32 Å². The first-order valence-electron chi connectivity index (χ1n) is 7.48. The van der Waals surface area contributed by atoms with Crippen LogP contribution in [0.5, 0.6) is 0 Å². The first kappa shape index (κ1) is 15.6. The van der Waals surface area contributed by atoms with Crippen molar-refractivity contribution in [3.8, 4) is 0 Å². The largest absolute Gasteiger partial charge is 0.416 e. The first-order chi connectivity index (χ1) is 10.9. The van der Waals surface area contributed by atoms with Crippen LogP contribution in [0, 0.1) is 0 Å². The monoisotopic (exact) mass is 319 g/mol. The molecule has 0 heterocycles. The van der Waals surface area contributed by atoms with E-state index in [0.717, 1.165) is 25.0 Å². The van der Waals surface area contributed by atoms with Crippen LogP contribution in [0.1, 0.15) is 35.4 Å². The molecule has 0 radical (unpaired) electrons. The number of aryl methyl sites for hydroxylation is 1. The minimum Gasteiger partial charge on any atom is -0.326 e. The Kier molecular flexibility index (Phi) is 4.11. The van der Waals surface area contributed by atoms with Gasteiger partial charge in [0.15, 0.2) is 0 Å². The number of carbonyl (C=O) groups is 1. The topological polar surface area (TPSA) is 29.1 Å². The number of halogens is 3. The Morgan fingerprint density at radius 3 is 2.70 bits per heavy atom. The Balaban J connectivity index is 1.67. The highest BCUT2D eigenvalue weighted by Crippen LogP contribution is 2.35. The average Bonchev–Trinajstić information content (AvgIpc) is 2.90. The number of alkyl halides is 3. The molecule has 2 aromatic rings. The van der Waals surface area contributed by atoms with E-state index in [2.05, 4.69) is 11.4 Å². The number of hydrogen-bond donors (Lipinski definition) is 1. The summed E-state index contributed by atoms with van der Waals surface area (Å²) in [6.07, 6.45) is -2.29. The van der Waals surface area contributed by atoms with Gasteiger partial charge in [0.1, 0.15) is 0 Å². The number of hydrogen-bond acceptors (Lipinski definition) is 1. The minimum absolute atomic E-state index is 0.136. The molecular formula is C18H16F3NO. The van der Waals surface area contributed by atoms with Gasteiger partial charge >= 0.3 is 6.18 Å². The van der Waals surface area contributed by atoms with Gasteiger partial charge in [0.05, 0.1) is 5.56 Å². The molecule has 2 aromatic carbocycles. The van der Waals surface area contributed by atoms with Crippen molar-refractivity contribution in [1.82, 2.24) is 0 Å². The van der Waals surface area contributed by atoms with Crippen molar-refractivity contribution in [2.45, 2.75) is 31.4 Å². The van der Waals surface area contributed by atoms with Gasteiger partial charge in [-0.15, -0.1) is 0 Å². The fourth-order valence-corrected chi connectivity index (χ4v) is 3.07. The third-order valence-electron chi connectivity index (χ3n) is 4.16. The van der Waals surface area contributed by atoms with E-state index in [1.807, 2.05) is 18.2 Å². The second-order valence-electron chi connectivity index (χ2n) is 5.77. The number of amides is 1. The molecule has 1 N–H and O–H groups in total. The molecule has 0 aliphatic heterocycles. The normalized spacial score (nSPS) is 16.9. The third kappa shape index (κ3) is 3.55. The van der Waals surface area contributed by atoms with Crippen molar-refractivity contribution in [2.24, 2.45) is 0 Å². The quantitative estimate of drug-likeness (QED) is 0.868. The molecule has 0 saturated heterocycles. The zero-order valence-electron chi connectivity index (χ0n) is 12.4. The van der Waals surface area contributed by atoms with Crippen LogP contribution in [0.15, 0.2) is 48.5 Å². The molecule has 0 saturated carbocycles. The minimum atomic E-state index is -4.41. The lowest BCUT2D eigenvalue weighted by molar-refractivity contribution is -0.137. The molecule has 0 fully saturated rings. The van der Waals surface area contributed by atoms with Crippen molar-refractivity contribution in [1.29, 1.82) is 0 Å². The molecule has 2 nitrogen and oxygen atoms in total. The van der Waals surface area contributed by atoms with E-state index < -0.39 is 11.7 Å². The summed E-state index contributed by atoms with van der Waals surface area (Å²) in [6, 6.07) is 12.7. The predicted molar refractivity (Wildman–Crippen MR) is 82.2 cm³/mol. The fourth-order valence-electron chi connectivity index (χ4n) is 3.07. The molecule has 0 spiro atoms. The summed E-state index contributed by atoms with van der Waals surface area (Å²) in [5.74, 6) is -0.122. The highest BCUT2D eigenvalue weighted by Gasteiger charge is 2.30. The van der Waals surface area contributed by atoms with Crippen LogP contribution in [0.2, 0.25) is 0 Å². The standard InChI is InChI=1S/C18H16F3NO/c19-18(20,21)14-5-3-6-15(11-14)22-17(23)10-13-9-8-12-4-1-2-7-16(12)13/h1-7,11,13H,8-10H2,(H,22,23)/t13-/m1/s1. The van der Waals surface area contributed by atoms with Gasteiger partial charge in [-0.05, 0) is 48.1 Å². The first-order valence-corrected chi connectivity index (χ1v) is 7.48. The van der Waals surface area contributed by atoms with Crippen LogP contribution in [-0.4, -0.2) is 5.91 Å².